The highest BCUT2D eigenvalue weighted by Gasteiger charge is 2.19. The molecule has 2 aromatic carbocycles. The monoisotopic (exact) mass is 474 g/mol. The summed E-state index contributed by atoms with van der Waals surface area (Å²) in [4.78, 5) is 13.1. The number of nitrogens with zero attached hydrogens (tertiary/aromatic N) is 4. The van der Waals surface area contributed by atoms with Gasteiger partial charge in [-0.2, -0.15) is 0 Å². The molecule has 0 aliphatic heterocycles. The lowest BCUT2D eigenvalue weighted by Crippen LogP contribution is -2.09. The Morgan fingerprint density at radius 1 is 1.06 bits per heavy atom. The van der Waals surface area contributed by atoms with Crippen LogP contribution in [0.4, 0.5) is 4.39 Å². The second-order valence-electron chi connectivity index (χ2n) is 8.10. The maximum Gasteiger partial charge on any atom is 0.192 e. The van der Waals surface area contributed by atoms with E-state index < -0.39 is 0 Å². The van der Waals surface area contributed by atoms with Crippen LogP contribution in [0.3, 0.4) is 0 Å². The molecule has 0 aliphatic carbocycles. The van der Waals surface area contributed by atoms with E-state index in [1.807, 2.05) is 54.8 Å². The molecule has 0 fully saturated rings. The molecule has 0 radical (unpaired) electrons. The topological polar surface area (TPSA) is 52.7 Å². The summed E-state index contributed by atoms with van der Waals surface area (Å²) in [7, 11) is 0. The third-order valence-electron chi connectivity index (χ3n) is 5.80. The first-order valence-electron chi connectivity index (χ1n) is 11.1. The van der Waals surface area contributed by atoms with Crippen molar-refractivity contribution in [3.63, 3.8) is 0 Å². The summed E-state index contributed by atoms with van der Waals surface area (Å²) >= 11 is 1.39. The number of Topliss-reactive ketones (excluding diaryl/α,β-unsaturated/α-hetero) is 1. The zero-order chi connectivity index (χ0) is 24.1. The summed E-state index contributed by atoms with van der Waals surface area (Å²) in [6.07, 6.45) is 2.57. The molecule has 2 heterocycles. The maximum atomic E-state index is 13.2. The highest BCUT2D eigenvalue weighted by Crippen LogP contribution is 2.26. The number of carbonyl (C=O) groups is 1. The molecular weight excluding hydrogens is 447 g/mol. The van der Waals surface area contributed by atoms with Gasteiger partial charge in [0.15, 0.2) is 16.8 Å². The van der Waals surface area contributed by atoms with Crippen molar-refractivity contribution in [1.29, 1.82) is 0 Å². The molecule has 0 unspecified atom stereocenters. The van der Waals surface area contributed by atoms with Crippen LogP contribution < -0.4 is 0 Å². The molecule has 34 heavy (non-hydrogen) atoms. The van der Waals surface area contributed by atoms with Crippen molar-refractivity contribution >= 4 is 17.5 Å². The van der Waals surface area contributed by atoms with Gasteiger partial charge in [0, 0.05) is 35.6 Å². The molecule has 0 saturated carbocycles. The Hall–Kier alpha value is -3.45. The average Bonchev–Trinajstić information content (AvgIpc) is 3.38. The van der Waals surface area contributed by atoms with Crippen LogP contribution in [0.25, 0.3) is 11.4 Å². The number of halogens is 1. The minimum atomic E-state index is -0.234. The molecule has 4 rings (SSSR count). The van der Waals surface area contributed by atoms with Gasteiger partial charge in [0.05, 0.1) is 5.75 Å². The largest absolute Gasteiger partial charge is 0.348 e. The smallest absolute Gasteiger partial charge is 0.192 e. The normalized spacial score (nSPS) is 11.0. The van der Waals surface area contributed by atoms with Crippen LogP contribution in [0.15, 0.2) is 78.5 Å². The van der Waals surface area contributed by atoms with Crippen molar-refractivity contribution in [1.82, 2.24) is 19.3 Å². The van der Waals surface area contributed by atoms with Crippen LogP contribution in [-0.2, 0) is 19.5 Å². The number of rotatable bonds is 10. The summed E-state index contributed by atoms with van der Waals surface area (Å²) in [6, 6.07) is 18.4. The lowest BCUT2D eigenvalue weighted by molar-refractivity contribution is 0.102. The van der Waals surface area contributed by atoms with Gasteiger partial charge >= 0.3 is 0 Å². The first-order chi connectivity index (χ1) is 16.5. The summed E-state index contributed by atoms with van der Waals surface area (Å²) in [5.74, 6) is 0.851. The Balaban J connectivity index is 1.46. The molecule has 0 atom stereocenters. The molecule has 0 saturated heterocycles. The lowest BCUT2D eigenvalue weighted by Gasteiger charge is -2.10. The molecule has 0 amide bonds. The molecule has 2 aromatic heterocycles. The van der Waals surface area contributed by atoms with E-state index >= 15 is 0 Å². The molecule has 5 nitrogen and oxygen atoms in total. The van der Waals surface area contributed by atoms with Crippen LogP contribution in [0.2, 0.25) is 0 Å². The van der Waals surface area contributed by atoms with Gasteiger partial charge in [-0.1, -0.05) is 60.3 Å². The van der Waals surface area contributed by atoms with Gasteiger partial charge in [-0.15, -0.1) is 16.8 Å². The van der Waals surface area contributed by atoms with Gasteiger partial charge in [0.2, 0.25) is 0 Å². The molecule has 0 N–H and O–H groups in total. The third-order valence-corrected chi connectivity index (χ3v) is 6.77. The number of benzene rings is 2. The SMILES string of the molecule is C=CCn1c(SCC(=O)c2cc(C)n(CCc3ccc(F)cc3)c2C)nnc1-c1ccccc1. The van der Waals surface area contributed by atoms with Crippen LogP contribution in [0.5, 0.6) is 0 Å². The van der Waals surface area contributed by atoms with E-state index in [-0.39, 0.29) is 17.4 Å². The van der Waals surface area contributed by atoms with E-state index in [0.717, 1.165) is 46.9 Å². The number of hydrogen-bond donors (Lipinski definition) is 0. The number of carbonyl (C=O) groups excluding carboxylic acids is 1. The highest BCUT2D eigenvalue weighted by atomic mass is 32.2. The number of ketones is 1. The van der Waals surface area contributed by atoms with E-state index in [1.54, 1.807) is 18.2 Å². The van der Waals surface area contributed by atoms with Crippen molar-refractivity contribution < 1.29 is 9.18 Å². The van der Waals surface area contributed by atoms with E-state index in [2.05, 4.69) is 21.3 Å². The molecule has 0 spiro atoms. The zero-order valence-corrected chi connectivity index (χ0v) is 20.2. The molecule has 4 aromatic rings. The summed E-state index contributed by atoms with van der Waals surface area (Å²) < 4.78 is 17.3. The van der Waals surface area contributed by atoms with Crippen molar-refractivity contribution in [2.24, 2.45) is 0 Å². The fourth-order valence-electron chi connectivity index (χ4n) is 4.02. The fourth-order valence-corrected chi connectivity index (χ4v) is 4.85. The lowest BCUT2D eigenvalue weighted by atomic mass is 10.1. The summed E-state index contributed by atoms with van der Waals surface area (Å²) in [6.45, 7) is 9.13. The number of aryl methyl sites for hydroxylation is 2. The Labute approximate surface area is 203 Å². The Morgan fingerprint density at radius 3 is 2.50 bits per heavy atom. The van der Waals surface area contributed by atoms with E-state index in [9.17, 15) is 9.18 Å². The minimum Gasteiger partial charge on any atom is -0.348 e. The van der Waals surface area contributed by atoms with Crippen molar-refractivity contribution in [2.75, 3.05) is 5.75 Å². The van der Waals surface area contributed by atoms with Gasteiger partial charge in [0.25, 0.3) is 0 Å². The number of hydrogen-bond acceptors (Lipinski definition) is 4. The van der Waals surface area contributed by atoms with Crippen LogP contribution in [0, 0.1) is 19.7 Å². The second kappa shape index (κ2) is 10.7. The zero-order valence-electron chi connectivity index (χ0n) is 19.4. The summed E-state index contributed by atoms with van der Waals surface area (Å²) in [5.41, 5.74) is 4.74. The second-order valence-corrected chi connectivity index (χ2v) is 9.04. The Morgan fingerprint density at radius 2 is 1.79 bits per heavy atom. The van der Waals surface area contributed by atoms with Gasteiger partial charge < -0.3 is 4.57 Å². The maximum absolute atomic E-state index is 13.2. The standard InChI is InChI=1S/C27H27FN4OS/c1-4-15-32-26(22-8-6-5-7-9-22)29-30-27(32)34-18-25(33)24-17-19(2)31(20(24)3)16-14-21-10-12-23(28)13-11-21/h4-13,17H,1,14-16,18H2,2-3H3. The molecule has 0 bridgehead atoms. The molecular formula is C27H27FN4OS. The highest BCUT2D eigenvalue weighted by molar-refractivity contribution is 7.99. The van der Waals surface area contributed by atoms with Gasteiger partial charge in [-0.25, -0.2) is 4.39 Å². The van der Waals surface area contributed by atoms with Gasteiger partial charge in [-0.3, -0.25) is 9.36 Å². The average molecular weight is 475 g/mol. The molecule has 0 aliphatic rings. The quantitative estimate of drug-likeness (QED) is 0.163. The van der Waals surface area contributed by atoms with Crippen LogP contribution >= 0.6 is 11.8 Å². The number of thioether (sulfide) groups is 1. The molecule has 7 heteroatoms. The van der Waals surface area contributed by atoms with Crippen molar-refractivity contribution in [3.05, 3.63) is 102 Å². The first-order valence-corrected chi connectivity index (χ1v) is 12.1. The van der Waals surface area contributed by atoms with Crippen molar-refractivity contribution in [2.45, 2.75) is 38.5 Å². The minimum absolute atomic E-state index is 0.0561. The van der Waals surface area contributed by atoms with E-state index in [4.69, 9.17) is 0 Å². The number of allylic oxidation sites excluding steroid dienone is 1. The van der Waals surface area contributed by atoms with Gasteiger partial charge in [-0.05, 0) is 44.0 Å². The van der Waals surface area contributed by atoms with Gasteiger partial charge in [0.1, 0.15) is 5.82 Å². The fraction of sp³-hybridized carbons (Fsp3) is 0.222. The Bertz CT molecular complexity index is 1290. The summed E-state index contributed by atoms with van der Waals surface area (Å²) in [5, 5.41) is 9.38. The van der Waals surface area contributed by atoms with Crippen LogP contribution in [0.1, 0.15) is 27.3 Å². The van der Waals surface area contributed by atoms with E-state index in [1.165, 1.54) is 23.9 Å². The molecule has 174 valence electrons. The predicted molar refractivity (Wildman–Crippen MR) is 135 cm³/mol. The van der Waals surface area contributed by atoms with Crippen LogP contribution in [-0.4, -0.2) is 30.9 Å². The first kappa shape index (κ1) is 23.7. The Kier molecular flexibility index (Phi) is 7.43. The predicted octanol–water partition coefficient (Wildman–Crippen LogP) is 5.91. The number of aromatic nitrogens is 4. The third kappa shape index (κ3) is 5.20. The van der Waals surface area contributed by atoms with Crippen molar-refractivity contribution in [3.8, 4) is 11.4 Å². The van der Waals surface area contributed by atoms with E-state index in [0.29, 0.717) is 11.7 Å².